The van der Waals surface area contributed by atoms with E-state index < -0.39 is 11.9 Å². The molecule has 0 saturated carbocycles. The number of thioether (sulfide) groups is 1. The molecule has 0 bridgehead atoms. The Morgan fingerprint density at radius 2 is 1.44 bits per heavy atom. The number of aromatic nitrogens is 2. The highest BCUT2D eigenvalue weighted by atomic mass is 32.2. The molecule has 3 aromatic carbocycles. The maximum absolute atomic E-state index is 14.3. The molecule has 11 heteroatoms. The third-order valence-electron chi connectivity index (χ3n) is 7.03. The van der Waals surface area contributed by atoms with Crippen molar-refractivity contribution in [1.29, 1.82) is 0 Å². The molecule has 1 unspecified atom stereocenters. The number of nitrogens with one attached hydrogen (secondary N) is 1. The molecular formula is C34H38N4O6S. The molecule has 0 spiro atoms. The second-order valence-electron chi connectivity index (χ2n) is 10.3. The summed E-state index contributed by atoms with van der Waals surface area (Å²) in [4.78, 5) is 39.0. The van der Waals surface area contributed by atoms with Crippen LogP contribution in [0.2, 0.25) is 0 Å². The van der Waals surface area contributed by atoms with Crippen LogP contribution in [0.1, 0.15) is 34.1 Å². The number of ether oxygens (including phenoxy) is 4. The highest BCUT2D eigenvalue weighted by Gasteiger charge is 2.33. The van der Waals surface area contributed by atoms with Gasteiger partial charge in [-0.1, -0.05) is 47.7 Å². The van der Waals surface area contributed by atoms with E-state index in [4.69, 9.17) is 18.9 Å². The van der Waals surface area contributed by atoms with Crippen molar-refractivity contribution in [3.8, 4) is 23.0 Å². The van der Waals surface area contributed by atoms with Crippen LogP contribution in [0, 0.1) is 20.8 Å². The molecule has 1 atom stereocenters. The fraction of sp³-hybridized carbons (Fsp3) is 0.294. The van der Waals surface area contributed by atoms with Crippen LogP contribution in [0.3, 0.4) is 0 Å². The molecule has 0 fully saturated rings. The van der Waals surface area contributed by atoms with Gasteiger partial charge < -0.3 is 29.2 Å². The van der Waals surface area contributed by atoms with Gasteiger partial charge in [0.25, 0.3) is 5.91 Å². The highest BCUT2D eigenvalue weighted by molar-refractivity contribution is 7.99. The number of aryl methyl sites for hydroxylation is 3. The molecule has 0 aliphatic rings. The number of nitrogens with zero attached hydrogens (tertiary/aromatic N) is 3. The summed E-state index contributed by atoms with van der Waals surface area (Å²) >= 11 is 1.23. The van der Waals surface area contributed by atoms with Crippen LogP contribution in [0.5, 0.6) is 23.0 Å². The monoisotopic (exact) mass is 630 g/mol. The number of anilines is 1. The normalized spacial score (nSPS) is 11.4. The Labute approximate surface area is 268 Å². The fourth-order valence-electron chi connectivity index (χ4n) is 4.78. The van der Waals surface area contributed by atoms with Gasteiger partial charge in [-0.15, -0.1) is 0 Å². The first-order chi connectivity index (χ1) is 21.6. The minimum atomic E-state index is -1.06. The van der Waals surface area contributed by atoms with Crippen LogP contribution >= 0.6 is 11.8 Å². The molecule has 4 aromatic rings. The lowest BCUT2D eigenvalue weighted by Gasteiger charge is -2.32. The van der Waals surface area contributed by atoms with Crippen molar-refractivity contribution in [3.05, 3.63) is 94.8 Å². The molecular weight excluding hydrogens is 592 g/mol. The molecule has 1 aromatic heterocycles. The van der Waals surface area contributed by atoms with E-state index in [9.17, 15) is 9.59 Å². The van der Waals surface area contributed by atoms with E-state index in [1.54, 1.807) is 48.4 Å². The first-order valence-electron chi connectivity index (χ1n) is 14.2. The minimum absolute atomic E-state index is 0.0116. The average molecular weight is 631 g/mol. The van der Waals surface area contributed by atoms with Crippen molar-refractivity contribution in [1.82, 2.24) is 14.9 Å². The molecule has 10 nitrogen and oxygen atoms in total. The van der Waals surface area contributed by atoms with E-state index >= 15 is 0 Å². The van der Waals surface area contributed by atoms with E-state index in [2.05, 4.69) is 15.3 Å². The average Bonchev–Trinajstić information content (AvgIpc) is 3.03. The molecule has 236 valence electrons. The highest BCUT2D eigenvalue weighted by Crippen LogP contribution is 2.35. The second-order valence-corrected chi connectivity index (χ2v) is 11.2. The van der Waals surface area contributed by atoms with Gasteiger partial charge in [0.2, 0.25) is 5.91 Å². The van der Waals surface area contributed by atoms with E-state index in [1.165, 1.54) is 33.1 Å². The maximum Gasteiger partial charge on any atom is 0.251 e. The summed E-state index contributed by atoms with van der Waals surface area (Å²) < 4.78 is 21.9. The zero-order chi connectivity index (χ0) is 32.5. The lowest BCUT2D eigenvalue weighted by molar-refractivity contribution is -0.137. The van der Waals surface area contributed by atoms with Crippen LogP contribution in [0.25, 0.3) is 0 Å². The fourth-order valence-corrected chi connectivity index (χ4v) is 5.62. The summed E-state index contributed by atoms with van der Waals surface area (Å²) in [6.45, 7) is 5.93. The van der Waals surface area contributed by atoms with Gasteiger partial charge in [-0.05, 0) is 62.2 Å². The third-order valence-corrected chi connectivity index (χ3v) is 7.86. The van der Waals surface area contributed by atoms with Crippen molar-refractivity contribution >= 4 is 29.3 Å². The zero-order valence-corrected chi connectivity index (χ0v) is 27.4. The van der Waals surface area contributed by atoms with E-state index in [0.717, 1.165) is 22.5 Å². The van der Waals surface area contributed by atoms with Gasteiger partial charge in [0.15, 0.2) is 16.7 Å². The first kappa shape index (κ1) is 33.1. The number of amides is 2. The van der Waals surface area contributed by atoms with E-state index in [1.807, 2.05) is 51.1 Å². The smallest absolute Gasteiger partial charge is 0.251 e. The molecule has 0 aliphatic heterocycles. The van der Waals surface area contributed by atoms with Crippen molar-refractivity contribution in [2.24, 2.45) is 0 Å². The predicted octanol–water partition coefficient (Wildman–Crippen LogP) is 5.94. The van der Waals surface area contributed by atoms with Gasteiger partial charge in [0.05, 0.1) is 39.9 Å². The third kappa shape index (κ3) is 8.45. The van der Waals surface area contributed by atoms with Gasteiger partial charge >= 0.3 is 0 Å². The largest absolute Gasteiger partial charge is 0.497 e. The van der Waals surface area contributed by atoms with Crippen LogP contribution < -0.4 is 24.3 Å². The number of carbonyl (C=O) groups is 2. The van der Waals surface area contributed by atoms with Gasteiger partial charge in [0, 0.05) is 24.0 Å². The Balaban J connectivity index is 1.79. The van der Waals surface area contributed by atoms with Gasteiger partial charge in [-0.25, -0.2) is 9.97 Å². The van der Waals surface area contributed by atoms with Gasteiger partial charge in [-0.2, -0.15) is 0 Å². The Morgan fingerprint density at radius 3 is 2.07 bits per heavy atom. The number of carbonyl (C=O) groups excluding carboxylic acids is 2. The van der Waals surface area contributed by atoms with Crippen LogP contribution in [0.15, 0.2) is 71.9 Å². The predicted molar refractivity (Wildman–Crippen MR) is 174 cm³/mol. The molecule has 45 heavy (non-hydrogen) atoms. The standard InChI is InChI=1S/C34H38N4O6S/c1-21-8-10-24(11-9-21)19-38(31(39)20-45-34-35-22(2)16-23(3)36-34)32(25-12-15-28(42-5)30(17-25)44-7)33(40)37-27-14-13-26(41-4)18-29(27)43-6/h8-18,32H,19-20H2,1-7H3,(H,37,40). The van der Waals surface area contributed by atoms with Crippen molar-refractivity contribution in [2.75, 3.05) is 39.5 Å². The SMILES string of the molecule is COc1ccc(NC(=O)C(c2ccc(OC)c(OC)c2)N(Cc2ccc(C)cc2)C(=O)CSc2nc(C)cc(C)n2)c(OC)c1. The summed E-state index contributed by atoms with van der Waals surface area (Å²) in [6, 6.07) is 18.9. The van der Waals surface area contributed by atoms with Crippen molar-refractivity contribution in [2.45, 2.75) is 38.5 Å². The lowest BCUT2D eigenvalue weighted by Crippen LogP contribution is -2.42. The molecule has 0 aliphatic carbocycles. The summed E-state index contributed by atoms with van der Waals surface area (Å²) in [5, 5.41) is 3.47. The van der Waals surface area contributed by atoms with E-state index in [0.29, 0.717) is 39.4 Å². The van der Waals surface area contributed by atoms with Crippen molar-refractivity contribution in [3.63, 3.8) is 0 Å². The molecule has 4 rings (SSSR count). The van der Waals surface area contributed by atoms with Crippen LogP contribution in [0.4, 0.5) is 5.69 Å². The molecule has 1 N–H and O–H groups in total. The summed E-state index contributed by atoms with van der Waals surface area (Å²) in [6.07, 6.45) is 0. The van der Waals surface area contributed by atoms with Crippen LogP contribution in [-0.2, 0) is 16.1 Å². The number of hydrogen-bond acceptors (Lipinski definition) is 9. The Bertz CT molecular complexity index is 1630. The summed E-state index contributed by atoms with van der Waals surface area (Å²) in [5.74, 6) is 1.19. The van der Waals surface area contributed by atoms with Gasteiger partial charge in [0.1, 0.15) is 17.5 Å². The summed E-state index contributed by atoms with van der Waals surface area (Å²) in [5.41, 5.74) is 4.53. The number of hydrogen-bond donors (Lipinski definition) is 1. The zero-order valence-electron chi connectivity index (χ0n) is 26.5. The molecule has 2 amide bonds. The van der Waals surface area contributed by atoms with Crippen molar-refractivity contribution < 1.29 is 28.5 Å². The maximum atomic E-state index is 14.3. The van der Waals surface area contributed by atoms with E-state index in [-0.39, 0.29) is 18.2 Å². The molecule has 0 saturated heterocycles. The molecule has 0 radical (unpaired) electrons. The lowest BCUT2D eigenvalue weighted by atomic mass is 10.0. The minimum Gasteiger partial charge on any atom is -0.497 e. The first-order valence-corrected chi connectivity index (χ1v) is 15.2. The van der Waals surface area contributed by atoms with Gasteiger partial charge in [-0.3, -0.25) is 9.59 Å². The van der Waals surface area contributed by atoms with Crippen LogP contribution in [-0.4, -0.2) is 60.9 Å². The number of rotatable bonds is 13. The number of benzene rings is 3. The topological polar surface area (TPSA) is 112 Å². The number of methoxy groups -OCH3 is 4. The Kier molecular flexibility index (Phi) is 11.3. The quantitative estimate of drug-likeness (QED) is 0.142. The Hall–Kier alpha value is -4.77. The Morgan fingerprint density at radius 1 is 0.778 bits per heavy atom. The molecule has 1 heterocycles. The summed E-state index contributed by atoms with van der Waals surface area (Å²) in [7, 11) is 6.12. The second kappa shape index (κ2) is 15.3.